The molecule has 0 spiro atoms. The second-order valence-corrected chi connectivity index (χ2v) is 11.0. The van der Waals surface area contributed by atoms with E-state index in [9.17, 15) is 9.59 Å². The van der Waals surface area contributed by atoms with Crippen LogP contribution in [0.3, 0.4) is 0 Å². The van der Waals surface area contributed by atoms with Gasteiger partial charge in [-0.25, -0.2) is 0 Å². The van der Waals surface area contributed by atoms with E-state index < -0.39 is 0 Å². The van der Waals surface area contributed by atoms with E-state index in [2.05, 4.69) is 21.6 Å². The van der Waals surface area contributed by atoms with Gasteiger partial charge in [-0.3, -0.25) is 14.5 Å². The fourth-order valence-electron chi connectivity index (χ4n) is 7.60. The zero-order valence-electron chi connectivity index (χ0n) is 20.0. The first-order chi connectivity index (χ1) is 16.1. The lowest BCUT2D eigenvalue weighted by atomic mass is 9.49. The number of para-hydroxylation sites is 1. The number of carbonyl (C=O) groups is 2. The normalized spacial score (nSPS) is 31.4. The summed E-state index contributed by atoms with van der Waals surface area (Å²) in [5.41, 5.74) is 0.980. The Kier molecular flexibility index (Phi) is 6.64. The van der Waals surface area contributed by atoms with Crippen molar-refractivity contribution in [3.8, 4) is 5.75 Å². The van der Waals surface area contributed by atoms with Gasteiger partial charge in [0.2, 0.25) is 11.8 Å². The number of hydrogen-bond acceptors (Lipinski definition) is 4. The quantitative estimate of drug-likeness (QED) is 0.599. The van der Waals surface area contributed by atoms with E-state index in [0.29, 0.717) is 19.5 Å². The summed E-state index contributed by atoms with van der Waals surface area (Å²) < 4.78 is 5.60. The molecule has 2 amide bonds. The third-order valence-electron chi connectivity index (χ3n) is 8.73. The molecule has 0 aromatic heterocycles. The van der Waals surface area contributed by atoms with Gasteiger partial charge in [0.1, 0.15) is 5.75 Å². The van der Waals surface area contributed by atoms with Crippen molar-refractivity contribution in [2.24, 2.45) is 23.2 Å². The Bertz CT molecular complexity index is 829. The van der Waals surface area contributed by atoms with Crippen molar-refractivity contribution in [3.63, 3.8) is 0 Å². The molecule has 6 heteroatoms. The first-order valence-electron chi connectivity index (χ1n) is 13.0. The van der Waals surface area contributed by atoms with Crippen LogP contribution in [0, 0.1) is 23.2 Å². The van der Waals surface area contributed by atoms with Crippen LogP contribution in [0.25, 0.3) is 0 Å². The minimum atomic E-state index is -0.143. The van der Waals surface area contributed by atoms with E-state index >= 15 is 0 Å². The Morgan fingerprint density at radius 2 is 1.67 bits per heavy atom. The Morgan fingerprint density at radius 1 is 1.03 bits per heavy atom. The summed E-state index contributed by atoms with van der Waals surface area (Å²) in [6, 6.07) is 8.20. The van der Waals surface area contributed by atoms with Gasteiger partial charge in [-0.2, -0.15) is 0 Å². The molecule has 6 rings (SSSR count). The number of nitrogens with zero attached hydrogens (tertiary/aromatic N) is 1. The molecule has 4 saturated carbocycles. The predicted octanol–water partition coefficient (Wildman–Crippen LogP) is 3.67. The molecule has 1 aromatic rings. The first-order valence-corrected chi connectivity index (χ1v) is 13.0. The molecule has 1 aromatic carbocycles. The minimum absolute atomic E-state index is 0.0000861. The van der Waals surface area contributed by atoms with Crippen molar-refractivity contribution in [2.75, 3.05) is 33.3 Å². The maximum atomic E-state index is 13.1. The summed E-state index contributed by atoms with van der Waals surface area (Å²) in [6.45, 7) is 3.07. The number of carbonyl (C=O) groups excluding carboxylic acids is 2. The highest BCUT2D eigenvalue weighted by atomic mass is 16.5. The van der Waals surface area contributed by atoms with Crippen LogP contribution in [-0.4, -0.2) is 50.0 Å². The average Bonchev–Trinajstić information content (AvgIpc) is 3.33. The molecule has 6 nitrogen and oxygen atoms in total. The monoisotopic (exact) mass is 453 g/mol. The molecular formula is C27H39N3O3. The van der Waals surface area contributed by atoms with Crippen LogP contribution in [0.5, 0.6) is 5.75 Å². The number of amides is 2. The maximum Gasteiger partial charge on any atom is 0.226 e. The number of nitrogens with one attached hydrogen (secondary N) is 2. The molecule has 4 bridgehead atoms. The van der Waals surface area contributed by atoms with Crippen molar-refractivity contribution in [2.45, 2.75) is 63.8 Å². The SMILES string of the molecule is COc1ccccc1C(CNC(=O)CCNC(=O)C12CC3CC(CC(C3)C1)C2)N1CCCC1. The molecule has 33 heavy (non-hydrogen) atoms. The Balaban J connectivity index is 1.12. The number of hydrogen-bond donors (Lipinski definition) is 2. The standard InChI is InChI=1S/C27H39N3O3/c1-33-24-7-3-2-6-22(24)23(30-10-4-5-11-30)18-29-25(31)8-9-28-26(32)27-15-19-12-20(16-27)14-21(13-19)17-27/h2-3,6-7,19-21,23H,4-5,8-18H2,1H3,(H,28,32)(H,29,31). The second-order valence-electron chi connectivity index (χ2n) is 11.0. The van der Waals surface area contributed by atoms with E-state index in [1.54, 1.807) is 7.11 Å². The largest absolute Gasteiger partial charge is 0.496 e. The highest BCUT2D eigenvalue weighted by Crippen LogP contribution is 2.60. The van der Waals surface area contributed by atoms with Crippen LogP contribution in [0.1, 0.15) is 69.4 Å². The minimum Gasteiger partial charge on any atom is -0.496 e. The van der Waals surface area contributed by atoms with Crippen molar-refractivity contribution >= 4 is 11.8 Å². The van der Waals surface area contributed by atoms with Crippen LogP contribution >= 0.6 is 0 Å². The number of likely N-dealkylation sites (tertiary alicyclic amines) is 1. The highest BCUT2D eigenvalue weighted by molar-refractivity contribution is 5.84. The van der Waals surface area contributed by atoms with Gasteiger partial charge in [-0.1, -0.05) is 18.2 Å². The third-order valence-corrected chi connectivity index (χ3v) is 8.73. The molecule has 4 aliphatic carbocycles. The summed E-state index contributed by atoms with van der Waals surface area (Å²) in [5.74, 6) is 3.33. The zero-order valence-corrected chi connectivity index (χ0v) is 20.0. The Hall–Kier alpha value is -2.08. The summed E-state index contributed by atoms with van der Waals surface area (Å²) in [5, 5.41) is 6.26. The third kappa shape index (κ3) is 4.77. The van der Waals surface area contributed by atoms with Gasteiger partial charge in [0.05, 0.1) is 13.2 Å². The fourth-order valence-corrected chi connectivity index (χ4v) is 7.60. The Labute approximate surface area is 197 Å². The van der Waals surface area contributed by atoms with E-state index in [1.165, 1.54) is 32.1 Å². The molecule has 180 valence electrons. The van der Waals surface area contributed by atoms with Crippen LogP contribution in [-0.2, 0) is 9.59 Å². The molecule has 5 aliphatic rings. The smallest absolute Gasteiger partial charge is 0.226 e. The van der Waals surface area contributed by atoms with E-state index in [4.69, 9.17) is 4.74 Å². The molecule has 1 atom stereocenters. The highest BCUT2D eigenvalue weighted by Gasteiger charge is 2.54. The molecule has 1 unspecified atom stereocenters. The first kappa shape index (κ1) is 22.7. The lowest BCUT2D eigenvalue weighted by Gasteiger charge is -2.55. The lowest BCUT2D eigenvalue weighted by Crippen LogP contribution is -2.53. The van der Waals surface area contributed by atoms with Gasteiger partial charge < -0.3 is 15.4 Å². The van der Waals surface area contributed by atoms with Crippen LogP contribution in [0.2, 0.25) is 0 Å². The van der Waals surface area contributed by atoms with Crippen LogP contribution in [0.15, 0.2) is 24.3 Å². The van der Waals surface area contributed by atoms with Gasteiger partial charge in [0.15, 0.2) is 0 Å². The van der Waals surface area contributed by atoms with Gasteiger partial charge in [0, 0.05) is 30.5 Å². The number of methoxy groups -OCH3 is 1. The van der Waals surface area contributed by atoms with Crippen molar-refractivity contribution in [1.82, 2.24) is 15.5 Å². The number of ether oxygens (including phenoxy) is 1. The lowest BCUT2D eigenvalue weighted by molar-refractivity contribution is -0.146. The van der Waals surface area contributed by atoms with Gasteiger partial charge in [0.25, 0.3) is 0 Å². The summed E-state index contributed by atoms with van der Waals surface area (Å²) >= 11 is 0. The molecule has 1 saturated heterocycles. The molecule has 1 heterocycles. The average molecular weight is 454 g/mol. The van der Waals surface area contributed by atoms with Gasteiger partial charge in [-0.15, -0.1) is 0 Å². The van der Waals surface area contributed by atoms with Crippen molar-refractivity contribution in [1.29, 1.82) is 0 Å². The molecule has 5 fully saturated rings. The molecule has 2 N–H and O–H groups in total. The van der Waals surface area contributed by atoms with E-state index in [0.717, 1.165) is 61.4 Å². The fraction of sp³-hybridized carbons (Fsp3) is 0.704. The molecular weight excluding hydrogens is 414 g/mol. The van der Waals surface area contributed by atoms with Crippen molar-refractivity contribution in [3.05, 3.63) is 29.8 Å². The predicted molar refractivity (Wildman–Crippen MR) is 128 cm³/mol. The van der Waals surface area contributed by atoms with Crippen LogP contribution < -0.4 is 15.4 Å². The summed E-state index contributed by atoms with van der Waals surface area (Å²) in [4.78, 5) is 28.2. The summed E-state index contributed by atoms with van der Waals surface area (Å²) in [6.07, 6.45) is 9.90. The van der Waals surface area contributed by atoms with E-state index in [1.807, 2.05) is 18.2 Å². The Morgan fingerprint density at radius 3 is 2.30 bits per heavy atom. The van der Waals surface area contributed by atoms with Crippen LogP contribution in [0.4, 0.5) is 0 Å². The molecule has 1 aliphatic heterocycles. The van der Waals surface area contributed by atoms with Gasteiger partial charge in [-0.05, 0) is 88.3 Å². The second kappa shape index (κ2) is 9.65. The van der Waals surface area contributed by atoms with Crippen molar-refractivity contribution < 1.29 is 14.3 Å². The maximum absolute atomic E-state index is 13.1. The van der Waals surface area contributed by atoms with E-state index in [-0.39, 0.29) is 23.3 Å². The number of rotatable bonds is 9. The number of benzene rings is 1. The molecule has 0 radical (unpaired) electrons. The van der Waals surface area contributed by atoms with Gasteiger partial charge >= 0.3 is 0 Å². The topological polar surface area (TPSA) is 70.7 Å². The zero-order chi connectivity index (χ0) is 22.8. The summed E-state index contributed by atoms with van der Waals surface area (Å²) in [7, 11) is 1.70.